The third kappa shape index (κ3) is 29.4. The molecule has 0 unspecified atom stereocenters. The van der Waals surface area contributed by atoms with Crippen LogP contribution in [0.5, 0.6) is 0 Å². The number of aliphatic hydroxyl groups is 3. The van der Waals surface area contributed by atoms with Crippen molar-refractivity contribution in [2.45, 2.75) is 0 Å². The smallest absolute Gasteiger partial charge is 0.652 e. The first kappa shape index (κ1) is 25.8. The Hall–Kier alpha value is 1.11. The molecule has 7 nitrogen and oxygen atoms in total. The Morgan fingerprint density at radius 1 is 0.875 bits per heavy atom. The van der Waals surface area contributed by atoms with Gasteiger partial charge in [-0.3, -0.25) is 4.90 Å². The molecule has 0 aromatic carbocycles. The maximum atomic E-state index is 8.48. The average molecular weight is 255 g/mol. The molecule has 0 bridgehead atoms. The number of rotatable bonds is 6. The fourth-order valence-electron chi connectivity index (χ4n) is 0.760. The van der Waals surface area contributed by atoms with Crippen LogP contribution < -0.4 is 69.3 Å². The number of carboxylic acid groups (broad SMARTS) is 2. The molecule has 0 heterocycles. The van der Waals surface area contributed by atoms with E-state index in [1.54, 1.807) is 4.90 Å². The first-order valence-corrected chi connectivity index (χ1v) is 4.01. The van der Waals surface area contributed by atoms with Gasteiger partial charge in [0.1, 0.15) is 0 Å². The zero-order valence-electron chi connectivity index (χ0n) is 9.76. The zero-order chi connectivity index (χ0) is 11.4. The van der Waals surface area contributed by atoms with E-state index in [2.05, 4.69) is 0 Å². The monoisotopic (exact) mass is 255 g/mol. The molecule has 0 amide bonds. The molecule has 0 aromatic rings. The van der Waals surface area contributed by atoms with E-state index in [-0.39, 0.29) is 78.9 Å². The first-order valence-electron chi connectivity index (χ1n) is 4.01. The van der Waals surface area contributed by atoms with E-state index in [0.29, 0.717) is 19.6 Å². The minimum Gasteiger partial charge on any atom is -0.652 e. The van der Waals surface area contributed by atoms with Gasteiger partial charge in [-0.25, -0.2) is 0 Å². The number of hydrogen-bond donors (Lipinski definition) is 3. The molecule has 0 aromatic heterocycles. The number of hydrogen-bond acceptors (Lipinski definition) is 7. The van der Waals surface area contributed by atoms with Crippen LogP contribution in [0.1, 0.15) is 0 Å². The summed E-state index contributed by atoms with van der Waals surface area (Å²) in [6.07, 6.45) is -2.33. The van der Waals surface area contributed by atoms with Gasteiger partial charge < -0.3 is 30.3 Å². The van der Waals surface area contributed by atoms with E-state index in [0.717, 1.165) is 0 Å². The zero-order valence-corrected chi connectivity index (χ0v) is 13.8. The summed E-state index contributed by atoms with van der Waals surface area (Å²) in [6.45, 7) is 1.75. The number of carbonyl (C=O) groups is 1. The van der Waals surface area contributed by atoms with Crippen LogP contribution in [0.15, 0.2) is 0 Å². The summed E-state index contributed by atoms with van der Waals surface area (Å²) in [7, 11) is 0. The van der Waals surface area contributed by atoms with Crippen molar-refractivity contribution in [2.75, 3.05) is 39.5 Å². The van der Waals surface area contributed by atoms with Crippen molar-refractivity contribution in [3.8, 4) is 0 Å². The Kier molecular flexibility index (Phi) is 34.6. The van der Waals surface area contributed by atoms with Gasteiger partial charge in [-0.05, 0) is 6.16 Å². The van der Waals surface area contributed by atoms with Crippen molar-refractivity contribution in [1.82, 2.24) is 4.90 Å². The van der Waals surface area contributed by atoms with Gasteiger partial charge in [0.2, 0.25) is 0 Å². The summed E-state index contributed by atoms with van der Waals surface area (Å²) in [5.74, 6) is 0. The fraction of sp³-hybridized carbons (Fsp3) is 0.857. The first-order chi connectivity index (χ1) is 6.58. The van der Waals surface area contributed by atoms with E-state index in [4.69, 9.17) is 30.3 Å². The molecule has 0 fully saturated rings. The van der Waals surface area contributed by atoms with Gasteiger partial charge in [0.25, 0.3) is 0 Å². The average Bonchev–Trinajstić information content (AvgIpc) is 2.04. The topological polar surface area (TPSA) is 127 Å². The minimum absolute atomic E-state index is 0. The third-order valence-corrected chi connectivity index (χ3v) is 1.25. The summed E-state index contributed by atoms with van der Waals surface area (Å²) in [5.41, 5.74) is 0. The quantitative estimate of drug-likeness (QED) is 0.402. The molecule has 3 N–H and O–H groups in total. The van der Waals surface area contributed by atoms with Gasteiger partial charge in [0, 0.05) is 19.6 Å². The predicted octanol–water partition coefficient (Wildman–Crippen LogP) is -10.2. The van der Waals surface area contributed by atoms with Crippen LogP contribution in [0.3, 0.4) is 0 Å². The second kappa shape index (κ2) is 21.4. The van der Waals surface area contributed by atoms with E-state index >= 15 is 0 Å². The van der Waals surface area contributed by atoms with Crippen molar-refractivity contribution in [2.24, 2.45) is 0 Å². The molecule has 0 spiro atoms. The number of aliphatic hydroxyl groups excluding tert-OH is 3. The summed E-state index contributed by atoms with van der Waals surface area (Å²) in [6, 6.07) is 0. The Morgan fingerprint density at radius 2 is 1.06 bits per heavy atom. The molecule has 0 radical (unpaired) electrons. The van der Waals surface area contributed by atoms with Crippen molar-refractivity contribution in [1.29, 1.82) is 0 Å². The van der Waals surface area contributed by atoms with Gasteiger partial charge in [-0.2, -0.15) is 0 Å². The molecule has 0 saturated heterocycles. The summed E-state index contributed by atoms with van der Waals surface area (Å²) in [5, 5.41) is 42.1. The summed E-state index contributed by atoms with van der Waals surface area (Å²) < 4.78 is 0. The normalized spacial score (nSPS) is 8.25. The Balaban J connectivity index is -0.000000105. The summed E-state index contributed by atoms with van der Waals surface area (Å²) in [4.78, 5) is 10.1. The van der Waals surface area contributed by atoms with Crippen LogP contribution >= 0.6 is 0 Å². The van der Waals surface area contributed by atoms with Crippen LogP contribution in [0.4, 0.5) is 4.79 Å². The van der Waals surface area contributed by atoms with E-state index in [1.807, 2.05) is 0 Å². The van der Waals surface area contributed by atoms with Crippen molar-refractivity contribution in [3.05, 3.63) is 0 Å². The molecule has 0 aliphatic rings. The van der Waals surface area contributed by atoms with E-state index in [1.165, 1.54) is 0 Å². The molecule has 0 aliphatic heterocycles. The SMILES string of the molecule is O=C([O-])[O-].OCCN(CCO)CCO.[Na+].[Na+]. The van der Waals surface area contributed by atoms with Crippen molar-refractivity contribution in [3.63, 3.8) is 0 Å². The Bertz CT molecular complexity index is 122. The summed E-state index contributed by atoms with van der Waals surface area (Å²) >= 11 is 0. The molecule has 0 aliphatic carbocycles. The van der Waals surface area contributed by atoms with E-state index < -0.39 is 6.16 Å². The molecule has 9 heteroatoms. The molecule has 86 valence electrons. The molecule has 0 atom stereocenters. The molecule has 16 heavy (non-hydrogen) atoms. The largest absolute Gasteiger partial charge is 1.00 e. The molecular formula is C7H15NNa2O6. The van der Waals surface area contributed by atoms with Gasteiger partial charge >= 0.3 is 59.1 Å². The molecule has 0 rings (SSSR count). The van der Waals surface area contributed by atoms with Gasteiger partial charge in [0.05, 0.1) is 19.8 Å². The Labute approximate surface area is 139 Å². The fourth-order valence-corrected chi connectivity index (χ4v) is 0.760. The Morgan fingerprint density at radius 3 is 1.19 bits per heavy atom. The second-order valence-corrected chi connectivity index (χ2v) is 2.26. The maximum absolute atomic E-state index is 8.48. The van der Waals surface area contributed by atoms with Crippen LogP contribution in [-0.2, 0) is 0 Å². The number of carbonyl (C=O) groups excluding carboxylic acids is 1. The van der Waals surface area contributed by atoms with Crippen LogP contribution in [0, 0.1) is 0 Å². The predicted molar refractivity (Wildman–Crippen MR) is 43.1 cm³/mol. The maximum Gasteiger partial charge on any atom is 1.00 e. The molecular weight excluding hydrogens is 240 g/mol. The van der Waals surface area contributed by atoms with Crippen LogP contribution in [0.25, 0.3) is 0 Å². The van der Waals surface area contributed by atoms with E-state index in [9.17, 15) is 0 Å². The standard InChI is InChI=1S/C6H15NO3.CH2O3.2Na/c8-4-1-7(2-5-9)3-6-10;2-1(3)4;;/h8-10H,1-6H2;(H2,2,3,4);;/q;;2*+1/p-2. The number of nitrogens with zero attached hydrogens (tertiary/aromatic N) is 1. The second-order valence-electron chi connectivity index (χ2n) is 2.26. The minimum atomic E-state index is -2.33. The molecule has 0 saturated carbocycles. The third-order valence-electron chi connectivity index (χ3n) is 1.25. The van der Waals surface area contributed by atoms with Crippen molar-refractivity contribution >= 4 is 6.16 Å². The van der Waals surface area contributed by atoms with Crippen LogP contribution in [0.2, 0.25) is 0 Å². The van der Waals surface area contributed by atoms with Gasteiger partial charge in [-0.15, -0.1) is 0 Å². The van der Waals surface area contributed by atoms with Crippen molar-refractivity contribution < 1.29 is 89.4 Å². The van der Waals surface area contributed by atoms with Gasteiger partial charge in [0.15, 0.2) is 0 Å². The van der Waals surface area contributed by atoms with Gasteiger partial charge in [-0.1, -0.05) is 0 Å². The van der Waals surface area contributed by atoms with Crippen LogP contribution in [-0.4, -0.2) is 65.8 Å².